The maximum Gasteiger partial charge on any atom is 0.239 e. The molecule has 1 aliphatic rings. The number of hydrogen-bond acceptors (Lipinski definition) is 4. The lowest BCUT2D eigenvalue weighted by atomic mass is 10.1. The molecule has 1 rings (SSSR count). The number of nitrogens with one attached hydrogen (secondary N) is 2. The molecule has 5 nitrogen and oxygen atoms in total. The Kier molecular flexibility index (Phi) is 7.23. The number of rotatable bonds is 8. The second-order valence-electron chi connectivity index (χ2n) is 5.17. The fraction of sp³-hybridized carbons (Fsp3) is 0.846. The third-order valence-corrected chi connectivity index (χ3v) is 4.12. The largest absolute Gasteiger partial charge is 0.352 e. The number of nitrogens with zero attached hydrogens (tertiary/aromatic N) is 1. The Balaban J connectivity index is 2.23. The molecule has 0 spiro atoms. The van der Waals surface area contributed by atoms with Gasteiger partial charge < -0.3 is 15.5 Å². The van der Waals surface area contributed by atoms with Crippen molar-refractivity contribution in [2.24, 2.45) is 5.92 Å². The molecular formula is C13H25N3O2S. The quantitative estimate of drug-likeness (QED) is 0.675. The number of hydrogen-bond donors (Lipinski definition) is 2. The van der Waals surface area contributed by atoms with Gasteiger partial charge in [0, 0.05) is 12.6 Å². The molecule has 6 heteroatoms. The van der Waals surface area contributed by atoms with Gasteiger partial charge in [-0.3, -0.25) is 9.59 Å². The zero-order valence-electron chi connectivity index (χ0n) is 12.1. The normalized spacial score (nSPS) is 15.2. The van der Waals surface area contributed by atoms with Crippen molar-refractivity contribution in [3.63, 3.8) is 0 Å². The van der Waals surface area contributed by atoms with E-state index in [1.807, 2.05) is 20.8 Å². The van der Waals surface area contributed by atoms with Crippen molar-refractivity contribution < 1.29 is 9.59 Å². The highest BCUT2D eigenvalue weighted by atomic mass is 32.2. The predicted octanol–water partition coefficient (Wildman–Crippen LogP) is 0.312. The highest BCUT2D eigenvalue weighted by molar-refractivity contribution is 7.99. The summed E-state index contributed by atoms with van der Waals surface area (Å²) in [6.07, 6.45) is 0. The van der Waals surface area contributed by atoms with Crippen LogP contribution >= 0.6 is 11.8 Å². The first-order valence-electron chi connectivity index (χ1n) is 6.88. The zero-order chi connectivity index (χ0) is 14.3. The smallest absolute Gasteiger partial charge is 0.239 e. The van der Waals surface area contributed by atoms with Crippen LogP contribution in [0.3, 0.4) is 0 Å². The van der Waals surface area contributed by atoms with Crippen molar-refractivity contribution in [2.45, 2.75) is 26.8 Å². The molecule has 1 heterocycles. The highest BCUT2D eigenvalue weighted by Gasteiger charge is 2.19. The van der Waals surface area contributed by atoms with Crippen LogP contribution in [0.15, 0.2) is 0 Å². The average molecular weight is 287 g/mol. The van der Waals surface area contributed by atoms with Crippen molar-refractivity contribution in [3.8, 4) is 0 Å². The molecule has 2 N–H and O–H groups in total. The standard InChI is InChI=1S/C13H25N3O2S/c1-4-16(7-12(17)15-10(2)3)13(18)9-19-8-11-5-14-6-11/h10-11,14H,4-9H2,1-3H3,(H,15,17). The Morgan fingerprint density at radius 1 is 1.42 bits per heavy atom. The van der Waals surface area contributed by atoms with E-state index in [4.69, 9.17) is 0 Å². The van der Waals surface area contributed by atoms with Crippen LogP contribution in [-0.2, 0) is 9.59 Å². The van der Waals surface area contributed by atoms with Crippen LogP contribution in [0.2, 0.25) is 0 Å². The predicted molar refractivity (Wildman–Crippen MR) is 79.2 cm³/mol. The summed E-state index contributed by atoms with van der Waals surface area (Å²) >= 11 is 1.67. The fourth-order valence-electron chi connectivity index (χ4n) is 1.79. The maximum absolute atomic E-state index is 12.0. The van der Waals surface area contributed by atoms with Crippen LogP contribution in [-0.4, -0.2) is 60.4 Å². The topological polar surface area (TPSA) is 61.4 Å². The lowest BCUT2D eigenvalue weighted by molar-refractivity contribution is -0.134. The van der Waals surface area contributed by atoms with E-state index in [9.17, 15) is 9.59 Å². The second kappa shape index (κ2) is 8.43. The molecule has 0 atom stereocenters. The molecule has 0 aromatic rings. The molecule has 1 saturated heterocycles. The van der Waals surface area contributed by atoms with Crippen LogP contribution in [0.5, 0.6) is 0 Å². The monoisotopic (exact) mass is 287 g/mol. The minimum Gasteiger partial charge on any atom is -0.352 e. The second-order valence-corrected chi connectivity index (χ2v) is 6.20. The molecule has 1 aliphatic heterocycles. The Morgan fingerprint density at radius 2 is 2.11 bits per heavy atom. The van der Waals surface area contributed by atoms with E-state index < -0.39 is 0 Å². The number of carbonyl (C=O) groups is 2. The summed E-state index contributed by atoms with van der Waals surface area (Å²) in [6.45, 7) is 8.61. The van der Waals surface area contributed by atoms with Crippen molar-refractivity contribution in [1.82, 2.24) is 15.5 Å². The van der Waals surface area contributed by atoms with Crippen LogP contribution in [0.1, 0.15) is 20.8 Å². The molecular weight excluding hydrogens is 262 g/mol. The molecule has 0 unspecified atom stereocenters. The fourth-order valence-corrected chi connectivity index (χ4v) is 2.83. The molecule has 19 heavy (non-hydrogen) atoms. The molecule has 0 bridgehead atoms. The first-order chi connectivity index (χ1) is 9.02. The third kappa shape index (κ3) is 6.29. The minimum atomic E-state index is -0.0848. The number of amides is 2. The van der Waals surface area contributed by atoms with E-state index >= 15 is 0 Å². The summed E-state index contributed by atoms with van der Waals surface area (Å²) in [5.74, 6) is 2.17. The van der Waals surface area contributed by atoms with E-state index in [2.05, 4.69) is 10.6 Å². The van der Waals surface area contributed by atoms with E-state index in [0.717, 1.165) is 18.8 Å². The van der Waals surface area contributed by atoms with E-state index in [1.54, 1.807) is 16.7 Å². The van der Waals surface area contributed by atoms with Crippen LogP contribution < -0.4 is 10.6 Å². The highest BCUT2D eigenvalue weighted by Crippen LogP contribution is 2.12. The first-order valence-corrected chi connectivity index (χ1v) is 8.04. The number of thioether (sulfide) groups is 1. The lowest BCUT2D eigenvalue weighted by Crippen LogP contribution is -2.44. The van der Waals surface area contributed by atoms with Crippen molar-refractivity contribution in [3.05, 3.63) is 0 Å². The Labute approximate surface area is 119 Å². The van der Waals surface area contributed by atoms with Crippen molar-refractivity contribution >= 4 is 23.6 Å². The van der Waals surface area contributed by atoms with Gasteiger partial charge >= 0.3 is 0 Å². The van der Waals surface area contributed by atoms with Gasteiger partial charge in [-0.25, -0.2) is 0 Å². The summed E-state index contributed by atoms with van der Waals surface area (Å²) in [5, 5.41) is 6.02. The first kappa shape index (κ1) is 16.3. The van der Waals surface area contributed by atoms with Gasteiger partial charge in [0.05, 0.1) is 12.3 Å². The summed E-state index contributed by atoms with van der Waals surface area (Å²) in [6, 6.07) is 0.113. The van der Waals surface area contributed by atoms with Gasteiger partial charge in [-0.1, -0.05) is 0 Å². The summed E-state index contributed by atoms with van der Waals surface area (Å²) in [4.78, 5) is 25.3. The third-order valence-electron chi connectivity index (χ3n) is 2.96. The van der Waals surface area contributed by atoms with Gasteiger partial charge in [0.1, 0.15) is 0 Å². The molecule has 0 aromatic heterocycles. The molecule has 110 valence electrons. The van der Waals surface area contributed by atoms with Gasteiger partial charge in [0.15, 0.2) is 0 Å². The SMILES string of the molecule is CCN(CC(=O)NC(C)C)C(=O)CSCC1CNC1. The minimum absolute atomic E-state index is 0.0543. The van der Waals surface area contributed by atoms with Gasteiger partial charge in [0.25, 0.3) is 0 Å². The van der Waals surface area contributed by atoms with Crippen LogP contribution in [0, 0.1) is 5.92 Å². The summed E-state index contributed by atoms with van der Waals surface area (Å²) < 4.78 is 0. The number of likely N-dealkylation sites (N-methyl/N-ethyl adjacent to an activating group) is 1. The molecule has 0 saturated carbocycles. The molecule has 0 aromatic carbocycles. The number of carbonyl (C=O) groups excluding carboxylic acids is 2. The van der Waals surface area contributed by atoms with Gasteiger partial charge in [-0.15, -0.1) is 0 Å². The van der Waals surface area contributed by atoms with Crippen LogP contribution in [0.4, 0.5) is 0 Å². The maximum atomic E-state index is 12.0. The Morgan fingerprint density at radius 3 is 2.58 bits per heavy atom. The molecule has 1 fully saturated rings. The van der Waals surface area contributed by atoms with Gasteiger partial charge in [-0.2, -0.15) is 11.8 Å². The van der Waals surface area contributed by atoms with E-state index in [1.165, 1.54) is 0 Å². The zero-order valence-corrected chi connectivity index (χ0v) is 12.9. The summed E-state index contributed by atoms with van der Waals surface area (Å²) in [5.41, 5.74) is 0. The van der Waals surface area contributed by atoms with Crippen LogP contribution in [0.25, 0.3) is 0 Å². The van der Waals surface area contributed by atoms with Crippen molar-refractivity contribution in [1.29, 1.82) is 0 Å². The average Bonchev–Trinajstić information content (AvgIpc) is 2.28. The van der Waals surface area contributed by atoms with E-state index in [-0.39, 0.29) is 24.4 Å². The van der Waals surface area contributed by atoms with Gasteiger partial charge in [-0.05, 0) is 45.5 Å². The molecule has 2 amide bonds. The molecule has 0 aliphatic carbocycles. The lowest BCUT2D eigenvalue weighted by Gasteiger charge is -2.27. The van der Waals surface area contributed by atoms with Gasteiger partial charge in [0.2, 0.25) is 11.8 Å². The van der Waals surface area contributed by atoms with Crippen molar-refractivity contribution in [2.75, 3.05) is 37.7 Å². The summed E-state index contributed by atoms with van der Waals surface area (Å²) in [7, 11) is 0. The van der Waals surface area contributed by atoms with E-state index in [0.29, 0.717) is 18.2 Å². The Bertz CT molecular complexity index is 306. The molecule has 0 radical (unpaired) electrons. The Hall–Kier alpha value is -0.750.